The molecule has 0 bridgehead atoms. The Labute approximate surface area is 123 Å². The van der Waals surface area contributed by atoms with Gasteiger partial charge in [-0.15, -0.1) is 11.3 Å². The Morgan fingerprint density at radius 2 is 1.75 bits per heavy atom. The van der Waals surface area contributed by atoms with Crippen LogP contribution in [0.2, 0.25) is 5.02 Å². The number of rotatable bonds is 2. The molecule has 1 aliphatic rings. The highest BCUT2D eigenvalue weighted by molar-refractivity contribution is 7.11. The van der Waals surface area contributed by atoms with E-state index in [1.807, 2.05) is 22.8 Å². The molecule has 3 rings (SSSR count). The van der Waals surface area contributed by atoms with Crippen LogP contribution >= 0.6 is 22.9 Å². The molecule has 0 saturated carbocycles. The van der Waals surface area contributed by atoms with Gasteiger partial charge in [-0.05, 0) is 34.7 Å². The van der Waals surface area contributed by atoms with E-state index in [2.05, 4.69) is 0 Å². The van der Waals surface area contributed by atoms with E-state index in [4.69, 9.17) is 11.6 Å². The van der Waals surface area contributed by atoms with E-state index in [0.717, 1.165) is 11.1 Å². The summed E-state index contributed by atoms with van der Waals surface area (Å²) in [4.78, 5) is 35.0. The Morgan fingerprint density at radius 1 is 1.05 bits per heavy atom. The molecule has 2 amide bonds. The molecule has 2 heterocycles. The molecule has 0 spiro atoms. The van der Waals surface area contributed by atoms with Crippen LogP contribution < -0.4 is 5.32 Å². The van der Waals surface area contributed by atoms with Crippen LogP contribution in [0, 0.1) is 0 Å². The van der Waals surface area contributed by atoms with Gasteiger partial charge in [-0.3, -0.25) is 19.7 Å². The number of carbonyl (C=O) groups excluding carboxylic acids is 3. The van der Waals surface area contributed by atoms with Gasteiger partial charge in [0.2, 0.25) is 11.7 Å². The van der Waals surface area contributed by atoms with Crippen molar-refractivity contribution in [3.63, 3.8) is 0 Å². The number of ketones is 1. The van der Waals surface area contributed by atoms with Crippen molar-refractivity contribution in [3.05, 3.63) is 45.6 Å². The van der Waals surface area contributed by atoms with Gasteiger partial charge in [0, 0.05) is 9.90 Å². The molecule has 2 aromatic rings. The number of halogens is 1. The second-order valence-electron chi connectivity index (χ2n) is 4.36. The fourth-order valence-corrected chi connectivity index (χ4v) is 3.19. The van der Waals surface area contributed by atoms with Gasteiger partial charge in [0.15, 0.2) is 0 Å². The van der Waals surface area contributed by atoms with E-state index in [0.29, 0.717) is 9.90 Å². The molecule has 1 aromatic carbocycles. The van der Waals surface area contributed by atoms with Gasteiger partial charge in [0.05, 0.1) is 0 Å². The normalized spacial score (nSPS) is 18.4. The van der Waals surface area contributed by atoms with Crippen molar-refractivity contribution < 1.29 is 14.4 Å². The third kappa shape index (κ3) is 2.15. The Balaban J connectivity index is 1.94. The molecule has 0 aliphatic carbocycles. The minimum atomic E-state index is -1.01. The molecule has 1 saturated heterocycles. The maximum absolute atomic E-state index is 11.7. The average molecular weight is 306 g/mol. The quantitative estimate of drug-likeness (QED) is 0.526. The summed E-state index contributed by atoms with van der Waals surface area (Å²) in [7, 11) is 0. The van der Waals surface area contributed by atoms with Crippen molar-refractivity contribution >= 4 is 40.5 Å². The smallest absolute Gasteiger partial charge is 0.289 e. The molecule has 1 unspecified atom stereocenters. The molecule has 20 heavy (non-hydrogen) atoms. The van der Waals surface area contributed by atoms with Crippen LogP contribution in [-0.2, 0) is 14.4 Å². The highest BCUT2D eigenvalue weighted by Crippen LogP contribution is 2.32. The summed E-state index contributed by atoms with van der Waals surface area (Å²) < 4.78 is 0. The zero-order chi connectivity index (χ0) is 14.3. The van der Waals surface area contributed by atoms with Crippen LogP contribution in [0.4, 0.5) is 0 Å². The van der Waals surface area contributed by atoms with Gasteiger partial charge < -0.3 is 0 Å². The fourth-order valence-electron chi connectivity index (χ4n) is 2.05. The summed E-state index contributed by atoms with van der Waals surface area (Å²) in [5.74, 6) is -3.08. The van der Waals surface area contributed by atoms with Crippen LogP contribution in [0.3, 0.4) is 0 Å². The first-order valence-corrected chi connectivity index (χ1v) is 7.05. The van der Waals surface area contributed by atoms with Crippen LogP contribution in [0.15, 0.2) is 35.7 Å². The van der Waals surface area contributed by atoms with Crippen molar-refractivity contribution in [3.8, 4) is 11.1 Å². The lowest BCUT2D eigenvalue weighted by Crippen LogP contribution is -2.21. The largest absolute Gasteiger partial charge is 0.295 e. The van der Waals surface area contributed by atoms with Crippen molar-refractivity contribution in [1.29, 1.82) is 0 Å². The molecular formula is C14H8ClNO3S. The van der Waals surface area contributed by atoms with E-state index < -0.39 is 23.5 Å². The molecule has 0 radical (unpaired) electrons. The Morgan fingerprint density at radius 3 is 2.35 bits per heavy atom. The monoisotopic (exact) mass is 305 g/mol. The zero-order valence-corrected chi connectivity index (χ0v) is 11.6. The number of Topliss-reactive ketones (excluding diaryl/α,β-unsaturated/α-hetero) is 1. The van der Waals surface area contributed by atoms with E-state index >= 15 is 0 Å². The molecule has 4 nitrogen and oxygen atoms in total. The number of benzene rings is 1. The standard InChI is InChI=1S/C14H8ClNO3S/c15-9-3-1-7(2-4-9)8-5-10(20-6-8)11-12(17)14(19)16-13(11)18/h1-6,11H,(H,16,18,19). The van der Waals surface area contributed by atoms with Gasteiger partial charge in [0.25, 0.3) is 5.91 Å². The SMILES string of the molecule is O=C1NC(=O)C(c2cc(-c3ccc(Cl)cc3)cs2)C1=O. The number of carbonyl (C=O) groups is 3. The summed E-state index contributed by atoms with van der Waals surface area (Å²) in [6.07, 6.45) is 0. The molecule has 1 aliphatic heterocycles. The first-order chi connectivity index (χ1) is 9.56. The Bertz CT molecular complexity index is 720. The van der Waals surface area contributed by atoms with Crippen LogP contribution in [-0.4, -0.2) is 17.6 Å². The van der Waals surface area contributed by atoms with Crippen LogP contribution in [0.1, 0.15) is 10.8 Å². The number of hydrogen-bond acceptors (Lipinski definition) is 4. The summed E-state index contributed by atoms with van der Waals surface area (Å²) in [6.45, 7) is 0. The lowest BCUT2D eigenvalue weighted by atomic mass is 10.0. The van der Waals surface area contributed by atoms with Gasteiger partial charge >= 0.3 is 0 Å². The number of nitrogens with one attached hydrogen (secondary N) is 1. The summed E-state index contributed by atoms with van der Waals surface area (Å²) in [6, 6.07) is 9.01. The highest BCUT2D eigenvalue weighted by atomic mass is 35.5. The third-order valence-electron chi connectivity index (χ3n) is 3.07. The maximum atomic E-state index is 11.7. The molecule has 1 aromatic heterocycles. The number of thiophene rings is 1. The maximum Gasteiger partial charge on any atom is 0.295 e. The van der Waals surface area contributed by atoms with Crippen molar-refractivity contribution in [2.75, 3.05) is 0 Å². The lowest BCUT2D eigenvalue weighted by molar-refractivity contribution is -0.135. The van der Waals surface area contributed by atoms with Crippen molar-refractivity contribution in [2.45, 2.75) is 5.92 Å². The first-order valence-electron chi connectivity index (χ1n) is 5.79. The van der Waals surface area contributed by atoms with Gasteiger partial charge in [-0.2, -0.15) is 0 Å². The van der Waals surface area contributed by atoms with E-state index in [1.54, 1.807) is 18.2 Å². The summed E-state index contributed by atoms with van der Waals surface area (Å²) >= 11 is 7.12. The minimum Gasteiger partial charge on any atom is -0.289 e. The van der Waals surface area contributed by atoms with Crippen molar-refractivity contribution in [2.24, 2.45) is 0 Å². The van der Waals surface area contributed by atoms with E-state index in [-0.39, 0.29) is 0 Å². The Hall–Kier alpha value is -1.98. The van der Waals surface area contributed by atoms with Crippen LogP contribution in [0.25, 0.3) is 11.1 Å². The molecule has 6 heteroatoms. The van der Waals surface area contributed by atoms with Gasteiger partial charge in [-0.1, -0.05) is 23.7 Å². The fraction of sp³-hybridized carbons (Fsp3) is 0.0714. The zero-order valence-electron chi connectivity index (χ0n) is 10.1. The summed E-state index contributed by atoms with van der Waals surface area (Å²) in [5, 5.41) is 4.52. The molecular weight excluding hydrogens is 298 g/mol. The van der Waals surface area contributed by atoms with E-state index in [9.17, 15) is 14.4 Å². The minimum absolute atomic E-state index is 0.551. The predicted octanol–water partition coefficient (Wildman–Crippen LogP) is 2.38. The number of imide groups is 1. The molecule has 1 fully saturated rings. The second-order valence-corrected chi connectivity index (χ2v) is 5.74. The molecule has 1 N–H and O–H groups in total. The summed E-state index contributed by atoms with van der Waals surface area (Å²) in [5.41, 5.74) is 1.83. The first kappa shape index (κ1) is 13.0. The molecule has 1 atom stereocenters. The lowest BCUT2D eigenvalue weighted by Gasteiger charge is -2.00. The molecule has 100 valence electrons. The Kier molecular flexibility index (Phi) is 3.16. The number of hydrogen-bond donors (Lipinski definition) is 1. The second kappa shape index (κ2) is 4.85. The van der Waals surface area contributed by atoms with E-state index in [1.165, 1.54) is 11.3 Å². The average Bonchev–Trinajstić information content (AvgIpc) is 2.97. The topological polar surface area (TPSA) is 63.2 Å². The van der Waals surface area contributed by atoms with Gasteiger partial charge in [0.1, 0.15) is 5.92 Å². The van der Waals surface area contributed by atoms with Crippen molar-refractivity contribution in [1.82, 2.24) is 5.32 Å². The number of amides is 2. The highest BCUT2D eigenvalue weighted by Gasteiger charge is 2.42. The predicted molar refractivity (Wildman–Crippen MR) is 75.7 cm³/mol. The van der Waals surface area contributed by atoms with Gasteiger partial charge in [-0.25, -0.2) is 0 Å². The van der Waals surface area contributed by atoms with Crippen LogP contribution in [0.5, 0.6) is 0 Å². The third-order valence-corrected chi connectivity index (χ3v) is 4.32.